The smallest absolute Gasteiger partial charge is 0.220 e. The van der Waals surface area contributed by atoms with Crippen molar-refractivity contribution in [2.24, 2.45) is 5.92 Å². The number of nitrogen functional groups attached to an aromatic ring is 1. The van der Waals surface area contributed by atoms with Crippen LogP contribution in [0.4, 0.5) is 5.69 Å². The molecule has 0 spiro atoms. The van der Waals surface area contributed by atoms with Crippen molar-refractivity contribution in [2.45, 2.75) is 38.6 Å². The van der Waals surface area contributed by atoms with Crippen molar-refractivity contribution in [3.63, 3.8) is 0 Å². The molecule has 0 saturated heterocycles. The lowest BCUT2D eigenvalue weighted by molar-refractivity contribution is -0.122. The molecule has 0 aliphatic heterocycles. The third-order valence-corrected chi connectivity index (χ3v) is 3.27. The molecule has 0 bridgehead atoms. The minimum absolute atomic E-state index is 0.164. The Labute approximate surface area is 101 Å². The fourth-order valence-electron chi connectivity index (χ4n) is 2.36. The van der Waals surface area contributed by atoms with Gasteiger partial charge in [0.1, 0.15) is 0 Å². The largest absolute Gasteiger partial charge is 0.396 e. The fraction of sp³-hybridized carbons (Fsp3) is 0.667. The number of nitrogens with two attached hydrogens (primary N) is 1. The summed E-state index contributed by atoms with van der Waals surface area (Å²) in [7, 11) is 0. The predicted octanol–water partition coefficient (Wildman–Crippen LogP) is 1.16. The van der Waals surface area contributed by atoms with Crippen molar-refractivity contribution in [3.8, 4) is 0 Å². The van der Waals surface area contributed by atoms with E-state index in [4.69, 9.17) is 5.73 Å². The van der Waals surface area contributed by atoms with E-state index < -0.39 is 0 Å². The van der Waals surface area contributed by atoms with Gasteiger partial charge in [-0.2, -0.15) is 5.10 Å². The highest BCUT2D eigenvalue weighted by atomic mass is 16.1. The van der Waals surface area contributed by atoms with E-state index in [-0.39, 0.29) is 5.91 Å². The van der Waals surface area contributed by atoms with Crippen LogP contribution in [0.25, 0.3) is 0 Å². The molecule has 5 nitrogen and oxygen atoms in total. The SMILES string of the molecule is Nc1cnn(CCNC(=O)CC2CCCC2)c1. The lowest BCUT2D eigenvalue weighted by Gasteiger charge is -2.09. The van der Waals surface area contributed by atoms with Gasteiger partial charge in [-0.25, -0.2) is 0 Å². The highest BCUT2D eigenvalue weighted by molar-refractivity contribution is 5.76. The van der Waals surface area contributed by atoms with Crippen molar-refractivity contribution in [1.29, 1.82) is 0 Å². The van der Waals surface area contributed by atoms with Gasteiger partial charge in [0.25, 0.3) is 0 Å². The van der Waals surface area contributed by atoms with Crippen LogP contribution in [0, 0.1) is 5.92 Å². The summed E-state index contributed by atoms with van der Waals surface area (Å²) in [6, 6.07) is 0. The van der Waals surface area contributed by atoms with E-state index in [0.29, 0.717) is 31.1 Å². The van der Waals surface area contributed by atoms with Crippen molar-refractivity contribution in [2.75, 3.05) is 12.3 Å². The molecule has 1 aliphatic carbocycles. The van der Waals surface area contributed by atoms with Gasteiger partial charge in [0.2, 0.25) is 5.91 Å². The maximum atomic E-state index is 11.6. The Morgan fingerprint density at radius 1 is 1.53 bits per heavy atom. The lowest BCUT2D eigenvalue weighted by atomic mass is 10.0. The number of hydrogen-bond acceptors (Lipinski definition) is 3. The molecule has 1 saturated carbocycles. The normalized spacial score (nSPS) is 16.2. The number of amides is 1. The molecule has 1 fully saturated rings. The van der Waals surface area contributed by atoms with Gasteiger partial charge in [-0.3, -0.25) is 9.48 Å². The van der Waals surface area contributed by atoms with Crippen LogP contribution >= 0.6 is 0 Å². The molecule has 0 atom stereocenters. The zero-order valence-corrected chi connectivity index (χ0v) is 10.1. The monoisotopic (exact) mass is 236 g/mol. The van der Waals surface area contributed by atoms with Crippen molar-refractivity contribution in [3.05, 3.63) is 12.4 Å². The number of nitrogens with zero attached hydrogens (tertiary/aromatic N) is 2. The zero-order valence-electron chi connectivity index (χ0n) is 10.1. The Balaban J connectivity index is 1.62. The van der Waals surface area contributed by atoms with Crippen LogP contribution in [0.5, 0.6) is 0 Å². The minimum Gasteiger partial charge on any atom is -0.396 e. The zero-order chi connectivity index (χ0) is 12.1. The summed E-state index contributed by atoms with van der Waals surface area (Å²) in [5.74, 6) is 0.771. The maximum absolute atomic E-state index is 11.6. The van der Waals surface area contributed by atoms with E-state index in [0.717, 1.165) is 0 Å². The highest BCUT2D eigenvalue weighted by Gasteiger charge is 2.17. The summed E-state index contributed by atoms with van der Waals surface area (Å²) in [4.78, 5) is 11.6. The molecule has 3 N–H and O–H groups in total. The quantitative estimate of drug-likeness (QED) is 0.805. The van der Waals surface area contributed by atoms with Gasteiger partial charge in [-0.05, 0) is 18.8 Å². The summed E-state index contributed by atoms with van der Waals surface area (Å²) in [5, 5.41) is 6.98. The van der Waals surface area contributed by atoms with E-state index in [2.05, 4.69) is 10.4 Å². The number of carbonyl (C=O) groups excluding carboxylic acids is 1. The van der Waals surface area contributed by atoms with Gasteiger partial charge in [-0.1, -0.05) is 12.8 Å². The summed E-state index contributed by atoms with van der Waals surface area (Å²) in [6.45, 7) is 1.29. The van der Waals surface area contributed by atoms with Gasteiger partial charge in [-0.15, -0.1) is 0 Å². The third kappa shape index (κ3) is 3.76. The van der Waals surface area contributed by atoms with Crippen LogP contribution in [0.3, 0.4) is 0 Å². The number of anilines is 1. The molecule has 1 amide bonds. The number of aromatic nitrogens is 2. The molecule has 2 rings (SSSR count). The summed E-state index contributed by atoms with van der Waals surface area (Å²) in [5.41, 5.74) is 6.20. The van der Waals surface area contributed by atoms with E-state index >= 15 is 0 Å². The minimum atomic E-state index is 0.164. The summed E-state index contributed by atoms with van der Waals surface area (Å²) >= 11 is 0. The Kier molecular flexibility index (Phi) is 4.01. The molecule has 0 aromatic carbocycles. The molecular weight excluding hydrogens is 216 g/mol. The maximum Gasteiger partial charge on any atom is 0.220 e. The first-order valence-corrected chi connectivity index (χ1v) is 6.28. The molecular formula is C12H20N4O. The van der Waals surface area contributed by atoms with Crippen LogP contribution in [-0.2, 0) is 11.3 Å². The van der Waals surface area contributed by atoms with Gasteiger partial charge >= 0.3 is 0 Å². The molecule has 0 radical (unpaired) electrons. The average molecular weight is 236 g/mol. The number of carbonyl (C=O) groups is 1. The van der Waals surface area contributed by atoms with Gasteiger partial charge in [0.15, 0.2) is 0 Å². The van der Waals surface area contributed by atoms with Crippen LogP contribution in [0.15, 0.2) is 12.4 Å². The van der Waals surface area contributed by atoms with E-state index in [1.165, 1.54) is 25.7 Å². The molecule has 1 aromatic heterocycles. The van der Waals surface area contributed by atoms with E-state index in [1.807, 2.05) is 0 Å². The second-order valence-corrected chi connectivity index (χ2v) is 4.74. The highest BCUT2D eigenvalue weighted by Crippen LogP contribution is 2.27. The van der Waals surface area contributed by atoms with E-state index in [1.54, 1.807) is 17.1 Å². The Bertz CT molecular complexity index is 368. The predicted molar refractivity (Wildman–Crippen MR) is 66.2 cm³/mol. The van der Waals surface area contributed by atoms with Crippen molar-refractivity contribution < 1.29 is 4.79 Å². The fourth-order valence-corrected chi connectivity index (χ4v) is 2.36. The Hall–Kier alpha value is -1.52. The first kappa shape index (κ1) is 12.0. The summed E-state index contributed by atoms with van der Waals surface area (Å²) < 4.78 is 1.74. The van der Waals surface area contributed by atoms with Crippen LogP contribution in [0.2, 0.25) is 0 Å². The van der Waals surface area contributed by atoms with Crippen LogP contribution in [-0.4, -0.2) is 22.2 Å². The number of rotatable bonds is 5. The molecule has 0 unspecified atom stereocenters. The molecule has 17 heavy (non-hydrogen) atoms. The lowest BCUT2D eigenvalue weighted by Crippen LogP contribution is -2.28. The van der Waals surface area contributed by atoms with Crippen LogP contribution in [0.1, 0.15) is 32.1 Å². The second kappa shape index (κ2) is 5.70. The standard InChI is InChI=1S/C12H20N4O/c13-11-8-15-16(9-11)6-5-14-12(17)7-10-3-1-2-4-10/h8-10H,1-7,13H2,(H,14,17). The van der Waals surface area contributed by atoms with Gasteiger partial charge in [0, 0.05) is 19.2 Å². The van der Waals surface area contributed by atoms with Gasteiger partial charge < -0.3 is 11.1 Å². The number of nitrogens with one attached hydrogen (secondary N) is 1. The Morgan fingerprint density at radius 3 is 2.94 bits per heavy atom. The topological polar surface area (TPSA) is 72.9 Å². The first-order chi connectivity index (χ1) is 8.24. The first-order valence-electron chi connectivity index (χ1n) is 6.28. The van der Waals surface area contributed by atoms with E-state index in [9.17, 15) is 4.79 Å². The summed E-state index contributed by atoms with van der Waals surface area (Å²) in [6.07, 6.45) is 9.05. The van der Waals surface area contributed by atoms with Crippen LogP contribution < -0.4 is 11.1 Å². The molecule has 1 aromatic rings. The Morgan fingerprint density at radius 2 is 2.29 bits per heavy atom. The van der Waals surface area contributed by atoms with Crippen molar-refractivity contribution >= 4 is 11.6 Å². The van der Waals surface area contributed by atoms with Gasteiger partial charge in [0.05, 0.1) is 18.4 Å². The molecule has 1 heterocycles. The molecule has 5 heteroatoms. The molecule has 1 aliphatic rings. The van der Waals surface area contributed by atoms with Crippen molar-refractivity contribution in [1.82, 2.24) is 15.1 Å². The molecule has 94 valence electrons. The number of hydrogen-bond donors (Lipinski definition) is 2. The second-order valence-electron chi connectivity index (χ2n) is 4.74. The average Bonchev–Trinajstić information content (AvgIpc) is 2.90. The third-order valence-electron chi connectivity index (χ3n) is 3.27.